The highest BCUT2D eigenvalue weighted by Crippen LogP contribution is 2.64. The van der Waals surface area contributed by atoms with E-state index >= 15 is 0 Å². The van der Waals surface area contributed by atoms with Crippen molar-refractivity contribution in [1.82, 2.24) is 4.98 Å². The van der Waals surface area contributed by atoms with Gasteiger partial charge in [0.05, 0.1) is 11.7 Å². The fraction of sp³-hybridized carbons (Fsp3) is 0.680. The van der Waals surface area contributed by atoms with Crippen molar-refractivity contribution in [3.05, 3.63) is 34.0 Å². The molecule has 4 heteroatoms. The molecule has 1 N–H and O–H groups in total. The second-order valence-electron chi connectivity index (χ2n) is 10.4. The first-order valence-electron chi connectivity index (χ1n) is 11.2. The molecule has 2 saturated carbocycles. The van der Waals surface area contributed by atoms with Crippen LogP contribution >= 0.6 is 11.8 Å². The van der Waals surface area contributed by atoms with Crippen LogP contribution in [0, 0.1) is 41.4 Å². The van der Waals surface area contributed by atoms with Gasteiger partial charge in [0, 0.05) is 5.69 Å². The lowest BCUT2D eigenvalue weighted by molar-refractivity contribution is -0.0164. The van der Waals surface area contributed by atoms with E-state index in [1.165, 1.54) is 29.5 Å². The van der Waals surface area contributed by atoms with Crippen LogP contribution in [0.1, 0.15) is 74.8 Å². The van der Waals surface area contributed by atoms with E-state index in [2.05, 4.69) is 32.9 Å². The first-order valence-corrected chi connectivity index (χ1v) is 12.4. The standard InChI is InChI=1S/C25H32N2OS/c1-14-22-18(19(13-26)23(27-14)29-4)12-21-17-6-5-15-11-16(28)7-9-24(15,2)20(17)8-10-25(21,22)3/h5,16-17,20-21,28H,6-12H2,1-4H3/t16-,17-,20-,21-,24+,25+/m1/s1. The fourth-order valence-electron chi connectivity index (χ4n) is 7.83. The van der Waals surface area contributed by atoms with Crippen molar-refractivity contribution < 1.29 is 5.11 Å². The molecule has 1 heterocycles. The molecule has 0 amide bonds. The van der Waals surface area contributed by atoms with Crippen molar-refractivity contribution >= 4 is 11.8 Å². The topological polar surface area (TPSA) is 56.9 Å². The Labute approximate surface area is 179 Å². The first-order chi connectivity index (χ1) is 13.8. The van der Waals surface area contributed by atoms with Crippen LogP contribution in [-0.4, -0.2) is 22.5 Å². The van der Waals surface area contributed by atoms with Gasteiger partial charge in [-0.05, 0) is 97.8 Å². The van der Waals surface area contributed by atoms with Crippen LogP contribution < -0.4 is 0 Å². The van der Waals surface area contributed by atoms with Crippen LogP contribution in [0.5, 0.6) is 0 Å². The minimum Gasteiger partial charge on any atom is -0.393 e. The van der Waals surface area contributed by atoms with E-state index in [9.17, 15) is 10.4 Å². The summed E-state index contributed by atoms with van der Waals surface area (Å²) in [6.07, 6.45) is 11.9. The average Bonchev–Trinajstić information content (AvgIpc) is 3.02. The number of aryl methyl sites for hydroxylation is 1. The van der Waals surface area contributed by atoms with Gasteiger partial charge in [-0.25, -0.2) is 4.98 Å². The molecule has 0 saturated heterocycles. The molecule has 0 aliphatic heterocycles. The smallest absolute Gasteiger partial charge is 0.114 e. The van der Waals surface area contributed by atoms with Crippen LogP contribution in [0.2, 0.25) is 0 Å². The number of nitrogens with zero attached hydrogens (tertiary/aromatic N) is 2. The Bertz CT molecular complexity index is 947. The number of hydrogen-bond donors (Lipinski definition) is 1. The number of thioether (sulfide) groups is 1. The molecule has 1 aromatic heterocycles. The Morgan fingerprint density at radius 1 is 1.17 bits per heavy atom. The Balaban J connectivity index is 1.59. The van der Waals surface area contributed by atoms with E-state index < -0.39 is 0 Å². The summed E-state index contributed by atoms with van der Waals surface area (Å²) >= 11 is 1.60. The first kappa shape index (κ1) is 19.6. The molecule has 0 unspecified atom stereocenters. The molecule has 4 aliphatic carbocycles. The van der Waals surface area contributed by atoms with E-state index in [1.54, 1.807) is 11.8 Å². The Kier molecular flexibility index (Phi) is 4.47. The SMILES string of the molecule is CSc1nc(C)c2c(c1C#N)C[C@@H]1[C@@H]3CC=C4C[C@H](O)CC[C@]4(C)[C@@H]3CC[C@]21C. The number of aromatic nitrogens is 1. The van der Waals surface area contributed by atoms with Crippen molar-refractivity contribution in [3.63, 3.8) is 0 Å². The molecule has 0 bridgehead atoms. The molecular weight excluding hydrogens is 376 g/mol. The van der Waals surface area contributed by atoms with Crippen molar-refractivity contribution in [2.45, 2.75) is 82.3 Å². The number of hydrogen-bond acceptors (Lipinski definition) is 4. The highest BCUT2D eigenvalue weighted by atomic mass is 32.2. The summed E-state index contributed by atoms with van der Waals surface area (Å²) in [5.41, 5.74) is 6.61. The molecule has 4 aliphatic rings. The molecule has 0 spiro atoms. The molecule has 6 atom stereocenters. The van der Waals surface area contributed by atoms with E-state index in [1.807, 2.05) is 6.26 Å². The summed E-state index contributed by atoms with van der Waals surface area (Å²) in [4.78, 5) is 4.86. The van der Waals surface area contributed by atoms with Crippen LogP contribution in [0.4, 0.5) is 0 Å². The largest absolute Gasteiger partial charge is 0.393 e. The van der Waals surface area contributed by atoms with Crippen LogP contribution in [-0.2, 0) is 11.8 Å². The highest BCUT2D eigenvalue weighted by molar-refractivity contribution is 7.98. The molecule has 5 rings (SSSR count). The second-order valence-corrected chi connectivity index (χ2v) is 11.2. The zero-order chi connectivity index (χ0) is 20.6. The molecule has 0 aromatic carbocycles. The van der Waals surface area contributed by atoms with E-state index in [-0.39, 0.29) is 16.9 Å². The van der Waals surface area contributed by atoms with Crippen molar-refractivity contribution in [1.29, 1.82) is 5.26 Å². The van der Waals surface area contributed by atoms with Crippen LogP contribution in [0.3, 0.4) is 0 Å². The number of rotatable bonds is 1. The molecule has 154 valence electrons. The Morgan fingerprint density at radius 2 is 1.93 bits per heavy atom. The van der Waals surface area contributed by atoms with Gasteiger partial charge in [-0.3, -0.25) is 0 Å². The fourth-order valence-corrected chi connectivity index (χ4v) is 8.43. The van der Waals surface area contributed by atoms with Crippen molar-refractivity contribution in [2.24, 2.45) is 23.2 Å². The predicted octanol–water partition coefficient (Wildman–Crippen LogP) is 5.32. The third-order valence-corrected chi connectivity index (χ3v) is 9.90. The Morgan fingerprint density at radius 3 is 2.66 bits per heavy atom. The average molecular weight is 409 g/mol. The predicted molar refractivity (Wildman–Crippen MR) is 117 cm³/mol. The van der Waals surface area contributed by atoms with Gasteiger partial charge in [0.15, 0.2) is 0 Å². The lowest BCUT2D eigenvalue weighted by atomic mass is 9.47. The molecule has 1 aromatic rings. The van der Waals surface area contributed by atoms with Gasteiger partial charge in [0.25, 0.3) is 0 Å². The lowest BCUT2D eigenvalue weighted by Gasteiger charge is -2.57. The summed E-state index contributed by atoms with van der Waals surface area (Å²) in [7, 11) is 0. The lowest BCUT2D eigenvalue weighted by Crippen LogP contribution is -2.51. The maximum absolute atomic E-state index is 10.2. The molecular formula is C25H32N2OS. The molecule has 0 radical (unpaired) electrons. The zero-order valence-corrected chi connectivity index (χ0v) is 18.9. The summed E-state index contributed by atoms with van der Waals surface area (Å²) in [5.74, 6) is 1.98. The van der Waals surface area contributed by atoms with E-state index in [0.717, 1.165) is 48.4 Å². The number of allylic oxidation sites excluding steroid dienone is 1. The maximum Gasteiger partial charge on any atom is 0.114 e. The van der Waals surface area contributed by atoms with Gasteiger partial charge < -0.3 is 5.11 Å². The van der Waals surface area contributed by atoms with Crippen molar-refractivity contribution in [2.75, 3.05) is 6.26 Å². The number of nitriles is 1. The number of aliphatic hydroxyl groups is 1. The minimum absolute atomic E-state index is 0.145. The molecule has 3 nitrogen and oxygen atoms in total. The quantitative estimate of drug-likeness (QED) is 0.505. The monoisotopic (exact) mass is 408 g/mol. The third kappa shape index (κ3) is 2.56. The summed E-state index contributed by atoms with van der Waals surface area (Å²) in [6.45, 7) is 7.09. The zero-order valence-electron chi connectivity index (χ0n) is 18.1. The van der Waals surface area contributed by atoms with Gasteiger partial charge in [0.1, 0.15) is 11.1 Å². The number of pyridine rings is 1. The van der Waals surface area contributed by atoms with Crippen LogP contribution in [0.25, 0.3) is 0 Å². The molecule has 29 heavy (non-hydrogen) atoms. The Hall–Kier alpha value is -1.31. The number of fused-ring (bicyclic) bond motifs is 7. The second kappa shape index (κ2) is 6.59. The normalized spacial score (nSPS) is 40.2. The summed E-state index contributed by atoms with van der Waals surface area (Å²) < 4.78 is 0. The van der Waals surface area contributed by atoms with E-state index in [0.29, 0.717) is 17.8 Å². The minimum atomic E-state index is -0.146. The maximum atomic E-state index is 10.2. The molecule has 2 fully saturated rings. The summed E-state index contributed by atoms with van der Waals surface area (Å²) in [6, 6.07) is 2.51. The van der Waals surface area contributed by atoms with E-state index in [4.69, 9.17) is 4.98 Å². The van der Waals surface area contributed by atoms with Gasteiger partial charge in [0.2, 0.25) is 0 Å². The van der Waals surface area contributed by atoms with Gasteiger partial charge in [-0.2, -0.15) is 5.26 Å². The van der Waals surface area contributed by atoms with Crippen LogP contribution in [0.15, 0.2) is 16.7 Å². The van der Waals surface area contributed by atoms with Gasteiger partial charge >= 0.3 is 0 Å². The highest BCUT2D eigenvalue weighted by Gasteiger charge is 2.58. The van der Waals surface area contributed by atoms with Gasteiger partial charge in [-0.1, -0.05) is 25.5 Å². The number of aliphatic hydroxyl groups excluding tert-OH is 1. The van der Waals surface area contributed by atoms with Crippen molar-refractivity contribution in [3.8, 4) is 6.07 Å². The van der Waals surface area contributed by atoms with Gasteiger partial charge in [-0.15, -0.1) is 11.8 Å². The third-order valence-electron chi connectivity index (χ3n) is 9.22. The summed E-state index contributed by atoms with van der Waals surface area (Å²) in [5, 5.41) is 21.1.